The fraction of sp³-hybridized carbons (Fsp3) is 0.811. The lowest BCUT2D eigenvalue weighted by Crippen LogP contribution is -2.65. The normalized spacial score (nSPS) is 39.7. The second-order valence-electron chi connectivity index (χ2n) is 16.7. The highest BCUT2D eigenvalue weighted by atomic mass is 79.9. The van der Waals surface area contributed by atoms with Gasteiger partial charge in [-0.2, -0.15) is 0 Å². The van der Waals surface area contributed by atoms with Gasteiger partial charge in [0.05, 0.1) is 17.6 Å². The second kappa shape index (κ2) is 13.3. The molecule has 8 nitrogen and oxygen atoms in total. The van der Waals surface area contributed by atoms with Crippen LogP contribution in [-0.4, -0.2) is 53.2 Å². The molecule has 10 atom stereocenters. The van der Waals surface area contributed by atoms with Crippen LogP contribution in [0.15, 0.2) is 21.2 Å². The van der Waals surface area contributed by atoms with Gasteiger partial charge < -0.3 is 24.4 Å². The highest BCUT2D eigenvalue weighted by Gasteiger charge is 2.70. The Hall–Kier alpha value is -1.71. The van der Waals surface area contributed by atoms with Crippen molar-refractivity contribution in [2.75, 3.05) is 6.79 Å². The quantitative estimate of drug-likeness (QED) is 0.160. The number of aliphatic hydroxyl groups excluding tert-OH is 2. The van der Waals surface area contributed by atoms with Crippen LogP contribution in [0.5, 0.6) is 0 Å². The Morgan fingerprint density at radius 1 is 0.935 bits per heavy atom. The molecule has 4 rings (SSSR count). The SMILES string of the molecule is CC(=O)O[C@H]1C[C@@]2(C)[C@@H](C[C@@H](O)C3[C@]2(C)CC[C@H]2[C@H](C)[C@H](O)CC[C@]32C)/C1=C(\CCC(Br)=C(C)C)C(=O)OCOC(=O)C(C)(C)C. The van der Waals surface area contributed by atoms with E-state index < -0.39 is 42.3 Å². The van der Waals surface area contributed by atoms with Crippen LogP contribution in [0, 0.1) is 45.3 Å². The van der Waals surface area contributed by atoms with Crippen LogP contribution in [0.1, 0.15) is 121 Å². The fourth-order valence-corrected chi connectivity index (χ4v) is 10.4. The highest BCUT2D eigenvalue weighted by Crippen LogP contribution is 2.74. The van der Waals surface area contributed by atoms with E-state index in [0.29, 0.717) is 37.2 Å². The topological polar surface area (TPSA) is 119 Å². The van der Waals surface area contributed by atoms with Crippen molar-refractivity contribution in [3.8, 4) is 0 Å². The molecule has 0 spiro atoms. The molecule has 0 aliphatic heterocycles. The lowest BCUT2D eigenvalue weighted by atomic mass is 9.36. The Kier molecular flexibility index (Phi) is 10.7. The number of rotatable bonds is 7. The van der Waals surface area contributed by atoms with Crippen molar-refractivity contribution < 1.29 is 38.8 Å². The monoisotopic (exact) mass is 708 g/mol. The second-order valence-corrected chi connectivity index (χ2v) is 17.6. The molecule has 0 aromatic carbocycles. The minimum atomic E-state index is -0.746. The Morgan fingerprint density at radius 2 is 1.59 bits per heavy atom. The predicted molar refractivity (Wildman–Crippen MR) is 179 cm³/mol. The van der Waals surface area contributed by atoms with Gasteiger partial charge in [0, 0.05) is 12.5 Å². The number of carbonyl (C=O) groups excluding carboxylic acids is 3. The van der Waals surface area contributed by atoms with Gasteiger partial charge in [-0.1, -0.05) is 49.2 Å². The molecule has 1 unspecified atom stereocenters. The maximum Gasteiger partial charge on any atom is 0.336 e. The molecule has 0 aromatic heterocycles. The first-order valence-electron chi connectivity index (χ1n) is 17.1. The minimum Gasteiger partial charge on any atom is -0.458 e. The first kappa shape index (κ1) is 37.1. The van der Waals surface area contributed by atoms with Gasteiger partial charge in [0.25, 0.3) is 0 Å². The Labute approximate surface area is 284 Å². The van der Waals surface area contributed by atoms with Gasteiger partial charge >= 0.3 is 17.9 Å². The van der Waals surface area contributed by atoms with E-state index >= 15 is 0 Å². The summed E-state index contributed by atoms with van der Waals surface area (Å²) >= 11 is 3.66. The summed E-state index contributed by atoms with van der Waals surface area (Å²) in [5.41, 5.74) is 0.674. The lowest BCUT2D eigenvalue weighted by molar-refractivity contribution is -0.234. The summed E-state index contributed by atoms with van der Waals surface area (Å²) in [5.74, 6) is -1.24. The van der Waals surface area contributed by atoms with Gasteiger partial charge in [-0.15, -0.1) is 0 Å². The van der Waals surface area contributed by atoms with Crippen LogP contribution in [0.4, 0.5) is 0 Å². The third-order valence-electron chi connectivity index (χ3n) is 12.7. The Balaban J connectivity index is 1.80. The highest BCUT2D eigenvalue weighted by molar-refractivity contribution is 9.11. The number of carbonyl (C=O) groups is 3. The molecule has 0 amide bonds. The van der Waals surface area contributed by atoms with E-state index in [0.717, 1.165) is 41.3 Å². The molecular weight excluding hydrogens is 652 g/mol. The largest absolute Gasteiger partial charge is 0.458 e. The van der Waals surface area contributed by atoms with Crippen molar-refractivity contribution >= 4 is 33.8 Å². The summed E-state index contributed by atoms with van der Waals surface area (Å²) in [6.07, 6.45) is 3.70. The zero-order valence-corrected chi connectivity index (χ0v) is 31.2. The summed E-state index contributed by atoms with van der Waals surface area (Å²) in [4.78, 5) is 38.9. The van der Waals surface area contributed by atoms with Crippen LogP contribution in [0.25, 0.3) is 0 Å². The minimum absolute atomic E-state index is 0.000640. The van der Waals surface area contributed by atoms with Crippen LogP contribution < -0.4 is 0 Å². The molecule has 260 valence electrons. The maximum atomic E-state index is 14.0. The van der Waals surface area contributed by atoms with E-state index in [2.05, 4.69) is 43.6 Å². The van der Waals surface area contributed by atoms with Crippen LogP contribution in [-0.2, 0) is 28.6 Å². The molecule has 2 N–H and O–H groups in total. The van der Waals surface area contributed by atoms with Crippen molar-refractivity contribution in [2.45, 2.75) is 139 Å². The van der Waals surface area contributed by atoms with Crippen molar-refractivity contribution in [1.29, 1.82) is 0 Å². The number of fused-ring (bicyclic) bond motifs is 5. The van der Waals surface area contributed by atoms with Crippen LogP contribution >= 0.6 is 15.9 Å². The van der Waals surface area contributed by atoms with E-state index in [9.17, 15) is 24.6 Å². The predicted octanol–water partition coefficient (Wildman–Crippen LogP) is 7.39. The third-order valence-corrected chi connectivity index (χ3v) is 13.9. The summed E-state index contributed by atoms with van der Waals surface area (Å²) < 4.78 is 17.9. The summed E-state index contributed by atoms with van der Waals surface area (Å²) in [6, 6.07) is 0. The Morgan fingerprint density at radius 3 is 2.17 bits per heavy atom. The van der Waals surface area contributed by atoms with E-state index in [1.165, 1.54) is 6.92 Å². The van der Waals surface area contributed by atoms with E-state index in [4.69, 9.17) is 14.2 Å². The third kappa shape index (κ3) is 6.50. The first-order chi connectivity index (χ1) is 21.2. The van der Waals surface area contributed by atoms with Gasteiger partial charge in [0.15, 0.2) is 0 Å². The smallest absolute Gasteiger partial charge is 0.336 e. The molecule has 46 heavy (non-hydrogen) atoms. The molecule has 4 saturated carbocycles. The van der Waals surface area contributed by atoms with Crippen molar-refractivity contribution in [2.24, 2.45) is 45.3 Å². The van der Waals surface area contributed by atoms with Crippen molar-refractivity contribution in [3.05, 3.63) is 21.2 Å². The molecule has 4 aliphatic carbocycles. The molecule has 4 aliphatic rings. The van der Waals surface area contributed by atoms with Crippen molar-refractivity contribution in [1.82, 2.24) is 0 Å². The number of allylic oxidation sites excluding steroid dienone is 2. The van der Waals surface area contributed by atoms with Crippen molar-refractivity contribution in [3.63, 3.8) is 0 Å². The lowest BCUT2D eigenvalue weighted by Gasteiger charge is -2.69. The molecule has 4 fully saturated rings. The molecule has 0 heterocycles. The fourth-order valence-electron chi connectivity index (χ4n) is 10.2. The van der Waals surface area contributed by atoms with Gasteiger partial charge in [0.2, 0.25) is 6.79 Å². The number of esters is 3. The van der Waals surface area contributed by atoms with Gasteiger partial charge in [-0.3, -0.25) is 9.59 Å². The molecule has 9 heteroatoms. The summed E-state index contributed by atoms with van der Waals surface area (Å²) in [5, 5.41) is 23.0. The zero-order chi connectivity index (χ0) is 34.6. The van der Waals surface area contributed by atoms with Gasteiger partial charge in [-0.05, 0) is 136 Å². The Bertz CT molecular complexity index is 1280. The molecule has 0 saturated heterocycles. The number of ether oxygens (including phenoxy) is 3. The number of halogens is 1. The van der Waals surface area contributed by atoms with E-state index in [1.807, 2.05) is 13.8 Å². The molecular formula is C37H57BrO8. The standard InChI is InChI=1S/C37H57BrO8/c1-20(2)26(38)12-11-23(32(42)44-19-45-33(43)34(5,6)7)30-25-17-28(41)31-35(8)15-14-27(40)21(3)24(35)13-16-36(31,9)37(25,10)18-29(30)46-22(4)39/h21,24-25,27-29,31,40-41H,11-19H2,1-10H3/b30-23-/t21-,24-,25-,27+,28+,29-,31?,35-,36-,37-/m0/s1. The number of aliphatic hydroxyl groups is 2. The molecule has 0 radical (unpaired) electrons. The molecule has 0 bridgehead atoms. The van der Waals surface area contributed by atoms with Crippen LogP contribution in [0.3, 0.4) is 0 Å². The number of hydrogen-bond donors (Lipinski definition) is 2. The average Bonchev–Trinajstić information content (AvgIpc) is 3.21. The first-order valence-corrected chi connectivity index (χ1v) is 17.9. The summed E-state index contributed by atoms with van der Waals surface area (Å²) in [7, 11) is 0. The zero-order valence-electron chi connectivity index (χ0n) is 29.6. The van der Waals surface area contributed by atoms with Gasteiger partial charge in [-0.25, -0.2) is 4.79 Å². The summed E-state index contributed by atoms with van der Waals surface area (Å²) in [6.45, 7) is 19.1. The van der Waals surface area contributed by atoms with E-state index in [-0.39, 0.29) is 40.1 Å². The van der Waals surface area contributed by atoms with E-state index in [1.54, 1.807) is 20.8 Å². The maximum absolute atomic E-state index is 14.0. The average molecular weight is 710 g/mol. The van der Waals surface area contributed by atoms with Crippen LogP contribution in [0.2, 0.25) is 0 Å². The molecule has 0 aromatic rings. The van der Waals surface area contributed by atoms with Gasteiger partial charge in [0.1, 0.15) is 6.10 Å². The number of hydrogen-bond acceptors (Lipinski definition) is 8.